The summed E-state index contributed by atoms with van der Waals surface area (Å²) in [6.45, 7) is 6.22. The molecular weight excluding hydrogens is 266 g/mol. The quantitative estimate of drug-likeness (QED) is 0.911. The molecule has 0 bridgehead atoms. The monoisotopic (exact) mass is 291 g/mol. The Morgan fingerprint density at radius 2 is 2.00 bits per heavy atom. The zero-order valence-corrected chi connectivity index (χ0v) is 13.1. The van der Waals surface area contributed by atoms with E-state index < -0.39 is 11.7 Å². The fraction of sp³-hybridized carbons (Fsp3) is 0.588. The van der Waals surface area contributed by atoms with Crippen molar-refractivity contribution >= 4 is 6.09 Å². The molecule has 1 aliphatic heterocycles. The smallest absolute Gasteiger partial charge is 0.410 e. The van der Waals surface area contributed by atoms with Crippen LogP contribution in [0.15, 0.2) is 30.3 Å². The van der Waals surface area contributed by atoms with Crippen molar-refractivity contribution in [3.05, 3.63) is 35.9 Å². The fourth-order valence-electron chi connectivity index (χ4n) is 2.69. The fourth-order valence-corrected chi connectivity index (χ4v) is 2.69. The molecule has 116 valence electrons. The van der Waals surface area contributed by atoms with Gasteiger partial charge in [-0.05, 0) is 45.6 Å². The Bertz CT molecular complexity index is 467. The van der Waals surface area contributed by atoms with E-state index in [1.165, 1.54) is 0 Å². The summed E-state index contributed by atoms with van der Waals surface area (Å²) >= 11 is 0. The van der Waals surface area contributed by atoms with Crippen LogP contribution in [0, 0.1) is 0 Å². The zero-order valence-electron chi connectivity index (χ0n) is 13.1. The molecule has 1 N–H and O–H groups in total. The van der Waals surface area contributed by atoms with E-state index in [4.69, 9.17) is 4.74 Å². The number of hydrogen-bond acceptors (Lipinski definition) is 3. The van der Waals surface area contributed by atoms with Gasteiger partial charge >= 0.3 is 6.09 Å². The standard InChI is InChI=1S/C17H25NO3/c1-17(2,3)21-16(20)18-11-7-10-15(19)14(18)12-13-8-5-4-6-9-13/h4-6,8-9,14-15,19H,7,10-12H2,1-3H3/t14-,15-/m1/s1. The first kappa shape index (κ1) is 15.8. The van der Waals surface area contributed by atoms with Crippen LogP contribution in [-0.2, 0) is 11.2 Å². The number of hydrogen-bond donors (Lipinski definition) is 1. The lowest BCUT2D eigenvalue weighted by atomic mass is 9.93. The number of ether oxygens (including phenoxy) is 1. The molecule has 1 amide bonds. The Labute approximate surface area is 126 Å². The SMILES string of the molecule is CC(C)(C)OC(=O)N1CCC[C@@H](O)[C@H]1Cc1ccccc1. The zero-order chi connectivity index (χ0) is 15.5. The summed E-state index contributed by atoms with van der Waals surface area (Å²) in [6.07, 6.45) is 1.37. The van der Waals surface area contributed by atoms with Crippen LogP contribution in [-0.4, -0.2) is 40.4 Å². The molecule has 1 heterocycles. The largest absolute Gasteiger partial charge is 0.444 e. The highest BCUT2D eigenvalue weighted by molar-refractivity contribution is 5.69. The van der Waals surface area contributed by atoms with Crippen LogP contribution in [0.1, 0.15) is 39.2 Å². The van der Waals surface area contributed by atoms with E-state index in [9.17, 15) is 9.90 Å². The number of nitrogens with zero attached hydrogens (tertiary/aromatic N) is 1. The van der Waals surface area contributed by atoms with Crippen LogP contribution in [0.5, 0.6) is 0 Å². The maximum Gasteiger partial charge on any atom is 0.410 e. The highest BCUT2D eigenvalue weighted by Crippen LogP contribution is 2.23. The third-order valence-electron chi connectivity index (χ3n) is 3.66. The molecule has 1 aliphatic rings. The van der Waals surface area contributed by atoms with E-state index in [1.807, 2.05) is 51.1 Å². The summed E-state index contributed by atoms with van der Waals surface area (Å²) in [4.78, 5) is 14.0. The van der Waals surface area contributed by atoms with Crippen molar-refractivity contribution in [1.82, 2.24) is 4.90 Å². The molecule has 0 aliphatic carbocycles. The van der Waals surface area contributed by atoms with E-state index in [0.29, 0.717) is 13.0 Å². The number of aliphatic hydroxyl groups is 1. The third kappa shape index (κ3) is 4.46. The van der Waals surface area contributed by atoms with E-state index >= 15 is 0 Å². The van der Waals surface area contributed by atoms with Gasteiger partial charge in [0.05, 0.1) is 12.1 Å². The number of rotatable bonds is 2. The molecular formula is C17H25NO3. The number of amides is 1. The summed E-state index contributed by atoms with van der Waals surface area (Å²) in [7, 11) is 0. The maximum absolute atomic E-state index is 12.4. The van der Waals surface area contributed by atoms with Gasteiger partial charge in [0.2, 0.25) is 0 Å². The van der Waals surface area contributed by atoms with Gasteiger partial charge in [-0.1, -0.05) is 30.3 Å². The first-order valence-electron chi connectivity index (χ1n) is 7.58. The lowest BCUT2D eigenvalue weighted by Crippen LogP contribution is -2.53. The minimum absolute atomic E-state index is 0.212. The van der Waals surface area contributed by atoms with Gasteiger partial charge in [0, 0.05) is 6.54 Å². The van der Waals surface area contributed by atoms with E-state index in [-0.39, 0.29) is 12.1 Å². The maximum atomic E-state index is 12.4. The summed E-state index contributed by atoms with van der Waals surface area (Å²) in [5.41, 5.74) is 0.605. The van der Waals surface area contributed by atoms with Crippen LogP contribution in [0.3, 0.4) is 0 Å². The number of likely N-dealkylation sites (tertiary alicyclic amines) is 1. The molecule has 0 radical (unpaired) electrons. The molecule has 2 rings (SSSR count). The second kappa shape index (κ2) is 6.48. The molecule has 0 spiro atoms. The Balaban J connectivity index is 2.11. The molecule has 0 saturated carbocycles. The van der Waals surface area contributed by atoms with Gasteiger partial charge in [-0.15, -0.1) is 0 Å². The van der Waals surface area contributed by atoms with Crippen LogP contribution in [0.2, 0.25) is 0 Å². The van der Waals surface area contributed by atoms with Gasteiger partial charge < -0.3 is 14.7 Å². The van der Waals surface area contributed by atoms with E-state index in [0.717, 1.165) is 18.4 Å². The molecule has 0 aromatic heterocycles. The predicted molar refractivity (Wildman–Crippen MR) is 82.1 cm³/mol. The first-order valence-corrected chi connectivity index (χ1v) is 7.58. The Kier molecular flexibility index (Phi) is 4.88. The first-order chi connectivity index (χ1) is 9.87. The molecule has 1 aromatic carbocycles. The predicted octanol–water partition coefficient (Wildman–Crippen LogP) is 2.99. The third-order valence-corrected chi connectivity index (χ3v) is 3.66. The Morgan fingerprint density at radius 1 is 1.33 bits per heavy atom. The number of piperidine rings is 1. The Hall–Kier alpha value is -1.55. The van der Waals surface area contributed by atoms with Gasteiger partial charge in [0.25, 0.3) is 0 Å². The number of carbonyl (C=O) groups excluding carboxylic acids is 1. The van der Waals surface area contributed by atoms with Crippen molar-refractivity contribution in [3.63, 3.8) is 0 Å². The van der Waals surface area contributed by atoms with Crippen LogP contribution >= 0.6 is 0 Å². The van der Waals surface area contributed by atoms with Gasteiger partial charge in [-0.3, -0.25) is 0 Å². The van der Waals surface area contributed by atoms with Crippen LogP contribution in [0.4, 0.5) is 4.79 Å². The number of carbonyl (C=O) groups is 1. The average Bonchev–Trinajstić information content (AvgIpc) is 2.40. The number of aliphatic hydroxyl groups excluding tert-OH is 1. The lowest BCUT2D eigenvalue weighted by molar-refractivity contribution is -0.0227. The molecule has 1 saturated heterocycles. The van der Waals surface area contributed by atoms with Crippen molar-refractivity contribution in [2.45, 2.75) is 57.8 Å². The highest BCUT2D eigenvalue weighted by atomic mass is 16.6. The molecule has 21 heavy (non-hydrogen) atoms. The van der Waals surface area contributed by atoms with Gasteiger partial charge in [0.15, 0.2) is 0 Å². The average molecular weight is 291 g/mol. The van der Waals surface area contributed by atoms with Gasteiger partial charge in [-0.2, -0.15) is 0 Å². The summed E-state index contributed by atoms with van der Waals surface area (Å²) in [5, 5.41) is 10.3. The summed E-state index contributed by atoms with van der Waals surface area (Å²) < 4.78 is 5.47. The lowest BCUT2D eigenvalue weighted by Gasteiger charge is -2.39. The van der Waals surface area contributed by atoms with Crippen LogP contribution in [0.25, 0.3) is 0 Å². The van der Waals surface area contributed by atoms with Gasteiger partial charge in [-0.25, -0.2) is 4.79 Å². The minimum atomic E-state index is -0.517. The molecule has 2 atom stereocenters. The summed E-state index contributed by atoms with van der Waals surface area (Å²) in [5.74, 6) is 0. The van der Waals surface area contributed by atoms with Crippen molar-refractivity contribution in [1.29, 1.82) is 0 Å². The second-order valence-electron chi connectivity index (χ2n) is 6.64. The molecule has 1 fully saturated rings. The van der Waals surface area contributed by atoms with Crippen molar-refractivity contribution < 1.29 is 14.6 Å². The molecule has 4 nitrogen and oxygen atoms in total. The van der Waals surface area contributed by atoms with Gasteiger partial charge in [0.1, 0.15) is 5.60 Å². The molecule has 1 aromatic rings. The van der Waals surface area contributed by atoms with Crippen molar-refractivity contribution in [2.75, 3.05) is 6.54 Å². The van der Waals surface area contributed by atoms with Crippen molar-refractivity contribution in [2.24, 2.45) is 0 Å². The topological polar surface area (TPSA) is 49.8 Å². The van der Waals surface area contributed by atoms with Crippen molar-refractivity contribution in [3.8, 4) is 0 Å². The highest BCUT2D eigenvalue weighted by Gasteiger charge is 2.35. The van der Waals surface area contributed by atoms with Crippen LogP contribution < -0.4 is 0 Å². The summed E-state index contributed by atoms with van der Waals surface area (Å²) in [6, 6.07) is 9.75. The minimum Gasteiger partial charge on any atom is -0.444 e. The normalized spacial score (nSPS) is 23.0. The number of benzene rings is 1. The molecule has 0 unspecified atom stereocenters. The molecule has 4 heteroatoms. The second-order valence-corrected chi connectivity index (χ2v) is 6.64. The Morgan fingerprint density at radius 3 is 2.62 bits per heavy atom. The van der Waals surface area contributed by atoms with E-state index in [1.54, 1.807) is 4.90 Å². The van der Waals surface area contributed by atoms with E-state index in [2.05, 4.69) is 0 Å².